The number of nitrogens with one attached hydrogen (secondary N) is 1. The summed E-state index contributed by atoms with van der Waals surface area (Å²) >= 11 is 0. The van der Waals surface area contributed by atoms with Gasteiger partial charge in [-0.2, -0.15) is 0 Å². The Kier molecular flexibility index (Phi) is 4.20. The zero-order chi connectivity index (χ0) is 13.7. The quantitative estimate of drug-likeness (QED) is 0.805. The van der Waals surface area contributed by atoms with E-state index in [2.05, 4.69) is 5.32 Å². The van der Waals surface area contributed by atoms with Crippen molar-refractivity contribution in [3.05, 3.63) is 48.4 Å². The molecule has 19 heavy (non-hydrogen) atoms. The van der Waals surface area contributed by atoms with Crippen LogP contribution in [0, 0.1) is 0 Å². The molecule has 0 spiro atoms. The third-order valence-electron chi connectivity index (χ3n) is 2.59. The molecular weight excluding hydrogens is 242 g/mol. The average Bonchev–Trinajstić information content (AvgIpc) is 2.81. The summed E-state index contributed by atoms with van der Waals surface area (Å²) in [6, 6.07) is 10.8. The van der Waals surface area contributed by atoms with E-state index in [1.54, 1.807) is 30.5 Å². The molecule has 0 aliphatic heterocycles. The van der Waals surface area contributed by atoms with Crippen LogP contribution in [0.15, 0.2) is 47.1 Å². The molecule has 5 nitrogen and oxygen atoms in total. The number of nitrogen functional groups attached to an aromatic ring is 1. The number of hydrogen-bond donors (Lipinski definition) is 2. The highest BCUT2D eigenvalue weighted by Gasteiger charge is 2.08. The fraction of sp³-hybridized carbons (Fsp3) is 0.214. The number of hydrogen-bond acceptors (Lipinski definition) is 4. The maximum absolute atomic E-state index is 11.8. The van der Waals surface area contributed by atoms with Gasteiger partial charge in [0.2, 0.25) is 5.91 Å². The molecule has 0 saturated carbocycles. The van der Waals surface area contributed by atoms with Crippen molar-refractivity contribution in [3.63, 3.8) is 0 Å². The van der Waals surface area contributed by atoms with Gasteiger partial charge in [0.25, 0.3) is 0 Å². The Hall–Kier alpha value is -2.27. The van der Waals surface area contributed by atoms with E-state index in [0.29, 0.717) is 17.9 Å². The number of nitrogens with two attached hydrogens (primary N) is 1. The Morgan fingerprint density at radius 1 is 1.37 bits per heavy atom. The van der Waals surface area contributed by atoms with Crippen LogP contribution in [0.5, 0.6) is 0 Å². The van der Waals surface area contributed by atoms with E-state index in [1.165, 1.54) is 0 Å². The molecule has 0 aliphatic rings. The lowest BCUT2D eigenvalue weighted by molar-refractivity contribution is -0.117. The summed E-state index contributed by atoms with van der Waals surface area (Å²) in [5.74, 6) is 0.749. The van der Waals surface area contributed by atoms with E-state index in [9.17, 15) is 4.79 Å². The van der Waals surface area contributed by atoms with Gasteiger partial charge >= 0.3 is 0 Å². The molecule has 3 N–H and O–H groups in total. The predicted molar refractivity (Wildman–Crippen MR) is 74.5 cm³/mol. The number of likely N-dealkylation sites (N-methyl/N-ethyl adjacent to an activating group) is 1. The lowest BCUT2D eigenvalue weighted by Crippen LogP contribution is -2.29. The molecule has 100 valence electrons. The number of benzene rings is 1. The van der Waals surface area contributed by atoms with E-state index in [1.807, 2.05) is 24.1 Å². The Labute approximate surface area is 112 Å². The van der Waals surface area contributed by atoms with Crippen LogP contribution < -0.4 is 11.1 Å². The largest absolute Gasteiger partial charge is 0.468 e. The molecular formula is C14H17N3O2. The van der Waals surface area contributed by atoms with Crippen LogP contribution in [0.1, 0.15) is 5.76 Å². The minimum absolute atomic E-state index is 0.0837. The van der Waals surface area contributed by atoms with Crippen LogP contribution in [-0.4, -0.2) is 24.4 Å². The van der Waals surface area contributed by atoms with Crippen molar-refractivity contribution in [2.75, 3.05) is 24.6 Å². The second-order valence-electron chi connectivity index (χ2n) is 4.43. The van der Waals surface area contributed by atoms with Crippen molar-refractivity contribution in [1.82, 2.24) is 4.90 Å². The molecule has 2 aromatic rings. The van der Waals surface area contributed by atoms with Gasteiger partial charge in [-0.15, -0.1) is 0 Å². The van der Waals surface area contributed by atoms with Crippen molar-refractivity contribution in [2.24, 2.45) is 0 Å². The summed E-state index contributed by atoms with van der Waals surface area (Å²) in [4.78, 5) is 13.7. The van der Waals surface area contributed by atoms with Crippen LogP contribution in [0.4, 0.5) is 11.4 Å². The van der Waals surface area contributed by atoms with Crippen molar-refractivity contribution in [2.45, 2.75) is 6.54 Å². The molecule has 0 unspecified atom stereocenters. The van der Waals surface area contributed by atoms with Crippen LogP contribution in [0.25, 0.3) is 0 Å². The van der Waals surface area contributed by atoms with Crippen molar-refractivity contribution >= 4 is 17.3 Å². The zero-order valence-electron chi connectivity index (χ0n) is 10.8. The van der Waals surface area contributed by atoms with Gasteiger partial charge in [0.15, 0.2) is 0 Å². The van der Waals surface area contributed by atoms with Gasteiger partial charge in [-0.05, 0) is 37.4 Å². The number of anilines is 2. The Bertz CT molecular complexity index is 537. The van der Waals surface area contributed by atoms with E-state index in [0.717, 1.165) is 5.76 Å². The minimum atomic E-state index is -0.0837. The molecule has 0 saturated heterocycles. The maximum atomic E-state index is 11.8. The first-order chi connectivity index (χ1) is 9.13. The molecule has 1 aromatic heterocycles. The van der Waals surface area contributed by atoms with E-state index < -0.39 is 0 Å². The van der Waals surface area contributed by atoms with E-state index >= 15 is 0 Å². The summed E-state index contributed by atoms with van der Waals surface area (Å²) < 4.78 is 5.23. The maximum Gasteiger partial charge on any atom is 0.238 e. The Morgan fingerprint density at radius 2 is 2.21 bits per heavy atom. The summed E-state index contributed by atoms with van der Waals surface area (Å²) in [6.07, 6.45) is 1.62. The van der Waals surface area contributed by atoms with Crippen molar-refractivity contribution < 1.29 is 9.21 Å². The van der Waals surface area contributed by atoms with Gasteiger partial charge in [0.1, 0.15) is 5.76 Å². The first-order valence-electron chi connectivity index (χ1n) is 6.00. The third-order valence-corrected chi connectivity index (χ3v) is 2.59. The van der Waals surface area contributed by atoms with Gasteiger partial charge < -0.3 is 15.5 Å². The first-order valence-corrected chi connectivity index (χ1v) is 6.00. The van der Waals surface area contributed by atoms with Crippen LogP contribution in [0.3, 0.4) is 0 Å². The number of carbonyl (C=O) groups excluding carboxylic acids is 1. The number of furan rings is 1. The number of nitrogens with zero attached hydrogens (tertiary/aromatic N) is 1. The standard InChI is InChI=1S/C14H17N3O2/c1-17(9-13-6-3-7-19-13)10-14(18)16-12-5-2-4-11(15)8-12/h2-8H,9-10,15H2,1H3,(H,16,18). The van der Waals surface area contributed by atoms with E-state index in [4.69, 9.17) is 10.2 Å². The van der Waals surface area contributed by atoms with E-state index in [-0.39, 0.29) is 12.5 Å². The molecule has 0 radical (unpaired) electrons. The normalized spacial score (nSPS) is 10.6. The highest BCUT2D eigenvalue weighted by molar-refractivity contribution is 5.92. The van der Waals surface area contributed by atoms with Crippen molar-refractivity contribution in [3.8, 4) is 0 Å². The molecule has 0 bridgehead atoms. The molecule has 5 heteroatoms. The topological polar surface area (TPSA) is 71.5 Å². The van der Waals surface area contributed by atoms with Crippen LogP contribution >= 0.6 is 0 Å². The molecule has 0 aliphatic carbocycles. The molecule has 2 rings (SSSR count). The SMILES string of the molecule is CN(CC(=O)Nc1cccc(N)c1)Cc1ccco1. The van der Waals surface area contributed by atoms with Crippen LogP contribution in [-0.2, 0) is 11.3 Å². The summed E-state index contributed by atoms with van der Waals surface area (Å²) in [5.41, 5.74) is 6.98. The highest BCUT2D eigenvalue weighted by atomic mass is 16.3. The highest BCUT2D eigenvalue weighted by Crippen LogP contribution is 2.11. The summed E-state index contributed by atoms with van der Waals surface area (Å²) in [5, 5.41) is 2.80. The van der Waals surface area contributed by atoms with Gasteiger partial charge in [0.05, 0.1) is 19.4 Å². The number of amides is 1. The fourth-order valence-electron chi connectivity index (χ4n) is 1.79. The molecule has 0 fully saturated rings. The monoisotopic (exact) mass is 259 g/mol. The van der Waals surface area contributed by atoms with Crippen molar-refractivity contribution in [1.29, 1.82) is 0 Å². The average molecular weight is 259 g/mol. The Balaban J connectivity index is 1.84. The molecule has 1 heterocycles. The van der Waals surface area contributed by atoms with Gasteiger partial charge in [-0.3, -0.25) is 9.69 Å². The third kappa shape index (κ3) is 4.15. The molecule has 1 amide bonds. The van der Waals surface area contributed by atoms with Gasteiger partial charge in [0, 0.05) is 11.4 Å². The molecule has 1 aromatic carbocycles. The predicted octanol–water partition coefficient (Wildman–Crippen LogP) is 1.93. The minimum Gasteiger partial charge on any atom is -0.468 e. The van der Waals surface area contributed by atoms with Gasteiger partial charge in [-0.1, -0.05) is 6.07 Å². The number of carbonyl (C=O) groups is 1. The summed E-state index contributed by atoms with van der Waals surface area (Å²) in [6.45, 7) is 0.882. The first kappa shape index (κ1) is 13.2. The summed E-state index contributed by atoms with van der Waals surface area (Å²) in [7, 11) is 1.86. The lowest BCUT2D eigenvalue weighted by Gasteiger charge is -2.14. The second-order valence-corrected chi connectivity index (χ2v) is 4.43. The Morgan fingerprint density at radius 3 is 2.89 bits per heavy atom. The molecule has 0 atom stereocenters. The zero-order valence-corrected chi connectivity index (χ0v) is 10.8. The lowest BCUT2D eigenvalue weighted by atomic mass is 10.3. The van der Waals surface area contributed by atoms with Gasteiger partial charge in [-0.25, -0.2) is 0 Å². The smallest absolute Gasteiger partial charge is 0.238 e. The number of rotatable bonds is 5. The second kappa shape index (κ2) is 6.06. The fourth-order valence-corrected chi connectivity index (χ4v) is 1.79. The van der Waals surface area contributed by atoms with Crippen LogP contribution in [0.2, 0.25) is 0 Å².